The third-order valence-electron chi connectivity index (χ3n) is 4.92. The van der Waals surface area contributed by atoms with Gasteiger partial charge in [0.05, 0.1) is 5.41 Å². The highest BCUT2D eigenvalue weighted by molar-refractivity contribution is 5.93. The van der Waals surface area contributed by atoms with Gasteiger partial charge in [0.15, 0.2) is 0 Å². The molecule has 1 spiro atoms. The lowest BCUT2D eigenvalue weighted by atomic mass is 9.66. The van der Waals surface area contributed by atoms with E-state index in [9.17, 15) is 9.59 Å². The number of likely N-dealkylation sites (tertiary alicyclic amines) is 1. The Balaban J connectivity index is 1.93. The van der Waals surface area contributed by atoms with Gasteiger partial charge in [0.2, 0.25) is 5.91 Å². The lowest BCUT2D eigenvalue weighted by molar-refractivity contribution is -0.145. The molecule has 3 rings (SSSR count). The Kier molecular flexibility index (Phi) is 3.45. The summed E-state index contributed by atoms with van der Waals surface area (Å²) in [7, 11) is 1.87. The molecule has 0 saturated carbocycles. The zero-order chi connectivity index (χ0) is 15.0. The van der Waals surface area contributed by atoms with Gasteiger partial charge in [-0.2, -0.15) is 0 Å². The fourth-order valence-electron chi connectivity index (χ4n) is 3.73. The lowest BCUT2D eigenvalue weighted by Crippen LogP contribution is -2.49. The number of nitrogens with one attached hydrogen (secondary N) is 1. The van der Waals surface area contributed by atoms with Gasteiger partial charge < -0.3 is 4.90 Å². The van der Waals surface area contributed by atoms with E-state index in [1.54, 1.807) is 11.5 Å². The molecule has 0 radical (unpaired) electrons. The first-order chi connectivity index (χ1) is 10.1. The maximum Gasteiger partial charge on any atom is 0.274 e. The molecule has 1 unspecified atom stereocenters. The lowest BCUT2D eigenvalue weighted by Gasteiger charge is -2.43. The summed E-state index contributed by atoms with van der Waals surface area (Å²) in [6, 6.07) is 5.46. The van der Waals surface area contributed by atoms with Gasteiger partial charge >= 0.3 is 0 Å². The van der Waals surface area contributed by atoms with Crippen LogP contribution in [0.15, 0.2) is 18.2 Å². The predicted molar refractivity (Wildman–Crippen MR) is 77.0 cm³/mol. The SMILES string of the molecule is CN1CCCC2(CCc3ccc(C(=O)NO)cc3C2)C1=O. The molecule has 5 heteroatoms. The van der Waals surface area contributed by atoms with E-state index >= 15 is 0 Å². The monoisotopic (exact) mass is 288 g/mol. The highest BCUT2D eigenvalue weighted by Crippen LogP contribution is 2.43. The molecule has 1 heterocycles. The van der Waals surface area contributed by atoms with Gasteiger partial charge in [-0.05, 0) is 55.4 Å². The maximum atomic E-state index is 12.6. The molecule has 0 aromatic heterocycles. The number of carbonyl (C=O) groups excluding carboxylic acids is 2. The zero-order valence-corrected chi connectivity index (χ0v) is 12.2. The minimum atomic E-state index is -0.510. The number of rotatable bonds is 1. The fourth-order valence-corrected chi connectivity index (χ4v) is 3.73. The largest absolute Gasteiger partial charge is 0.345 e. The quantitative estimate of drug-likeness (QED) is 0.608. The van der Waals surface area contributed by atoms with Crippen LogP contribution in [-0.4, -0.2) is 35.5 Å². The molecule has 1 aliphatic heterocycles. The number of benzene rings is 1. The standard InChI is InChI=1S/C16H20N2O3/c1-18-8-2-6-16(15(18)20)7-5-11-3-4-12(14(19)17-21)9-13(11)10-16/h3-4,9,21H,2,5-8,10H2,1H3,(H,17,19). The first kappa shape index (κ1) is 14.1. The summed E-state index contributed by atoms with van der Waals surface area (Å²) >= 11 is 0. The van der Waals surface area contributed by atoms with Crippen LogP contribution in [0.4, 0.5) is 0 Å². The van der Waals surface area contributed by atoms with Crippen molar-refractivity contribution in [2.75, 3.05) is 13.6 Å². The highest BCUT2D eigenvalue weighted by atomic mass is 16.5. The van der Waals surface area contributed by atoms with Crippen molar-refractivity contribution in [2.45, 2.75) is 32.1 Å². The molecule has 1 aromatic carbocycles. The van der Waals surface area contributed by atoms with Crippen molar-refractivity contribution in [1.82, 2.24) is 10.4 Å². The Bertz CT molecular complexity index is 599. The van der Waals surface area contributed by atoms with Crippen molar-refractivity contribution in [3.8, 4) is 0 Å². The summed E-state index contributed by atoms with van der Waals surface area (Å²) in [5.74, 6) is -0.277. The average Bonchev–Trinajstić information content (AvgIpc) is 2.51. The summed E-state index contributed by atoms with van der Waals surface area (Å²) < 4.78 is 0. The third-order valence-corrected chi connectivity index (χ3v) is 4.92. The molecular formula is C16H20N2O3. The second-order valence-corrected chi connectivity index (χ2v) is 6.21. The highest BCUT2D eigenvalue weighted by Gasteiger charge is 2.44. The number of aryl methyl sites for hydroxylation is 1. The average molecular weight is 288 g/mol. The predicted octanol–water partition coefficient (Wildman–Crippen LogP) is 1.53. The van der Waals surface area contributed by atoms with Crippen molar-refractivity contribution in [3.63, 3.8) is 0 Å². The first-order valence-corrected chi connectivity index (χ1v) is 7.37. The van der Waals surface area contributed by atoms with Gasteiger partial charge in [-0.25, -0.2) is 5.48 Å². The Labute approximate surface area is 123 Å². The number of hydroxylamine groups is 1. The minimum absolute atomic E-state index is 0.233. The van der Waals surface area contributed by atoms with Crippen LogP contribution in [0.1, 0.15) is 40.7 Å². The maximum absolute atomic E-state index is 12.6. The molecule has 1 aliphatic carbocycles. The second kappa shape index (κ2) is 5.15. The summed E-state index contributed by atoms with van der Waals surface area (Å²) in [5, 5.41) is 8.75. The Morgan fingerprint density at radius 2 is 2.14 bits per heavy atom. The third kappa shape index (κ3) is 2.31. The number of hydrogen-bond donors (Lipinski definition) is 2. The molecule has 1 atom stereocenters. The Morgan fingerprint density at radius 3 is 2.90 bits per heavy atom. The molecule has 0 bridgehead atoms. The van der Waals surface area contributed by atoms with Crippen LogP contribution in [0.5, 0.6) is 0 Å². The van der Waals surface area contributed by atoms with E-state index in [1.807, 2.05) is 24.1 Å². The van der Waals surface area contributed by atoms with Gasteiger partial charge in [0.1, 0.15) is 0 Å². The molecule has 2 aliphatic rings. The molecule has 1 aromatic rings. The molecule has 2 N–H and O–H groups in total. The van der Waals surface area contributed by atoms with Crippen molar-refractivity contribution < 1.29 is 14.8 Å². The number of amides is 2. The summed E-state index contributed by atoms with van der Waals surface area (Å²) in [6.07, 6.45) is 4.41. The number of hydrogen-bond acceptors (Lipinski definition) is 3. The normalized spacial score (nSPS) is 24.9. The summed E-state index contributed by atoms with van der Waals surface area (Å²) in [5.41, 5.74) is 4.06. The van der Waals surface area contributed by atoms with Crippen LogP contribution >= 0.6 is 0 Å². The van der Waals surface area contributed by atoms with E-state index in [1.165, 1.54) is 5.56 Å². The van der Waals surface area contributed by atoms with Gasteiger partial charge in [0, 0.05) is 19.2 Å². The van der Waals surface area contributed by atoms with Gasteiger partial charge in [-0.1, -0.05) is 6.07 Å². The van der Waals surface area contributed by atoms with Crippen LogP contribution < -0.4 is 5.48 Å². The topological polar surface area (TPSA) is 69.6 Å². The number of nitrogens with zero attached hydrogens (tertiary/aromatic N) is 1. The van der Waals surface area contributed by atoms with Crippen molar-refractivity contribution in [3.05, 3.63) is 34.9 Å². The van der Waals surface area contributed by atoms with Crippen LogP contribution in [0, 0.1) is 5.41 Å². The van der Waals surface area contributed by atoms with Crippen LogP contribution in [0.3, 0.4) is 0 Å². The fraction of sp³-hybridized carbons (Fsp3) is 0.500. The van der Waals surface area contributed by atoms with E-state index in [0.717, 1.165) is 37.8 Å². The van der Waals surface area contributed by atoms with E-state index in [-0.39, 0.29) is 11.3 Å². The molecule has 5 nitrogen and oxygen atoms in total. The van der Waals surface area contributed by atoms with E-state index in [4.69, 9.17) is 5.21 Å². The number of piperidine rings is 1. The summed E-state index contributed by atoms with van der Waals surface area (Å²) in [6.45, 7) is 0.834. The molecule has 21 heavy (non-hydrogen) atoms. The van der Waals surface area contributed by atoms with Crippen molar-refractivity contribution in [1.29, 1.82) is 0 Å². The van der Waals surface area contributed by atoms with Crippen LogP contribution in [0.2, 0.25) is 0 Å². The molecular weight excluding hydrogens is 268 g/mol. The minimum Gasteiger partial charge on any atom is -0.345 e. The van der Waals surface area contributed by atoms with E-state index in [0.29, 0.717) is 12.0 Å². The first-order valence-electron chi connectivity index (χ1n) is 7.37. The number of fused-ring (bicyclic) bond motifs is 1. The molecule has 112 valence electrons. The Hall–Kier alpha value is -1.88. The Morgan fingerprint density at radius 1 is 1.33 bits per heavy atom. The molecule has 1 saturated heterocycles. The van der Waals surface area contributed by atoms with Crippen LogP contribution in [0.25, 0.3) is 0 Å². The van der Waals surface area contributed by atoms with Gasteiger partial charge in [-0.3, -0.25) is 14.8 Å². The molecule has 1 fully saturated rings. The zero-order valence-electron chi connectivity index (χ0n) is 12.2. The van der Waals surface area contributed by atoms with E-state index < -0.39 is 5.91 Å². The summed E-state index contributed by atoms with van der Waals surface area (Å²) in [4.78, 5) is 26.0. The second-order valence-electron chi connectivity index (χ2n) is 6.21. The van der Waals surface area contributed by atoms with Crippen LogP contribution in [-0.2, 0) is 17.6 Å². The van der Waals surface area contributed by atoms with Crippen molar-refractivity contribution >= 4 is 11.8 Å². The van der Waals surface area contributed by atoms with Crippen molar-refractivity contribution in [2.24, 2.45) is 5.41 Å². The number of carbonyl (C=O) groups is 2. The van der Waals surface area contributed by atoms with Gasteiger partial charge in [-0.15, -0.1) is 0 Å². The smallest absolute Gasteiger partial charge is 0.274 e. The van der Waals surface area contributed by atoms with E-state index in [2.05, 4.69) is 0 Å². The molecule has 2 amide bonds. The van der Waals surface area contributed by atoms with Gasteiger partial charge in [0.25, 0.3) is 5.91 Å².